The third-order valence-corrected chi connectivity index (χ3v) is 5.20. The molecule has 136 valence electrons. The maximum Gasteiger partial charge on any atom is 0.223 e. The standard InChI is InChI=1S/C22H25NO3/c24-22(12-9-17-6-2-1-3-7-17)23-13-4-8-19(23)18-10-11-20-21(16-18)26-15-5-14-25-20/h1-3,6-7,10-11,16,19H,4-5,8-9,12-15H2. The van der Waals surface area contributed by atoms with Gasteiger partial charge in [-0.1, -0.05) is 36.4 Å². The van der Waals surface area contributed by atoms with E-state index in [4.69, 9.17) is 9.47 Å². The largest absolute Gasteiger partial charge is 0.490 e. The summed E-state index contributed by atoms with van der Waals surface area (Å²) in [7, 11) is 0. The number of fused-ring (bicyclic) bond motifs is 1. The van der Waals surface area contributed by atoms with Crippen molar-refractivity contribution in [1.29, 1.82) is 0 Å². The number of hydrogen-bond donors (Lipinski definition) is 0. The molecule has 1 saturated heterocycles. The average molecular weight is 351 g/mol. The Bertz CT molecular complexity index is 759. The number of rotatable bonds is 4. The Morgan fingerprint density at radius 3 is 2.65 bits per heavy atom. The Kier molecular flexibility index (Phi) is 5.09. The minimum absolute atomic E-state index is 0.149. The van der Waals surface area contributed by atoms with E-state index in [9.17, 15) is 4.79 Å². The van der Waals surface area contributed by atoms with E-state index in [1.807, 2.05) is 29.2 Å². The van der Waals surface area contributed by atoms with Crippen molar-refractivity contribution in [2.24, 2.45) is 0 Å². The molecule has 4 rings (SSSR count). The van der Waals surface area contributed by atoms with Crippen LogP contribution in [0.3, 0.4) is 0 Å². The molecule has 2 aromatic rings. The monoisotopic (exact) mass is 351 g/mol. The van der Waals surface area contributed by atoms with Crippen LogP contribution >= 0.6 is 0 Å². The van der Waals surface area contributed by atoms with E-state index in [0.29, 0.717) is 19.6 Å². The molecule has 1 unspecified atom stereocenters. The number of ether oxygens (including phenoxy) is 2. The molecule has 1 atom stereocenters. The van der Waals surface area contributed by atoms with Crippen LogP contribution in [0.4, 0.5) is 0 Å². The molecule has 0 saturated carbocycles. The Morgan fingerprint density at radius 1 is 1.00 bits per heavy atom. The van der Waals surface area contributed by atoms with Gasteiger partial charge in [0.2, 0.25) is 5.91 Å². The lowest BCUT2D eigenvalue weighted by Crippen LogP contribution is -2.30. The summed E-state index contributed by atoms with van der Waals surface area (Å²) in [6.07, 6.45) is 4.32. The molecule has 2 aromatic carbocycles. The van der Waals surface area contributed by atoms with Gasteiger partial charge in [0.1, 0.15) is 0 Å². The van der Waals surface area contributed by atoms with Crippen molar-refractivity contribution in [2.45, 2.75) is 38.1 Å². The van der Waals surface area contributed by atoms with Crippen LogP contribution < -0.4 is 9.47 Å². The first-order chi connectivity index (χ1) is 12.8. The van der Waals surface area contributed by atoms with E-state index in [1.54, 1.807) is 0 Å². The van der Waals surface area contributed by atoms with Gasteiger partial charge in [0, 0.05) is 19.4 Å². The summed E-state index contributed by atoms with van der Waals surface area (Å²) in [5.74, 6) is 1.86. The maximum absolute atomic E-state index is 12.8. The van der Waals surface area contributed by atoms with Crippen LogP contribution in [0.15, 0.2) is 48.5 Å². The summed E-state index contributed by atoms with van der Waals surface area (Å²) < 4.78 is 11.5. The van der Waals surface area contributed by atoms with Crippen LogP contribution in [0.2, 0.25) is 0 Å². The molecule has 0 bridgehead atoms. The van der Waals surface area contributed by atoms with Crippen molar-refractivity contribution in [1.82, 2.24) is 4.90 Å². The molecule has 1 amide bonds. The van der Waals surface area contributed by atoms with E-state index in [0.717, 1.165) is 49.3 Å². The molecular weight excluding hydrogens is 326 g/mol. The Labute approximate surface area is 154 Å². The fraction of sp³-hybridized carbons (Fsp3) is 0.409. The highest BCUT2D eigenvalue weighted by Crippen LogP contribution is 2.38. The van der Waals surface area contributed by atoms with E-state index >= 15 is 0 Å². The molecular formula is C22H25NO3. The fourth-order valence-electron chi connectivity index (χ4n) is 3.84. The van der Waals surface area contributed by atoms with E-state index in [-0.39, 0.29) is 11.9 Å². The number of amides is 1. The number of hydrogen-bond acceptors (Lipinski definition) is 3. The molecule has 2 aliphatic rings. The van der Waals surface area contributed by atoms with E-state index < -0.39 is 0 Å². The van der Waals surface area contributed by atoms with E-state index in [1.165, 1.54) is 5.56 Å². The molecule has 2 heterocycles. The molecule has 4 nitrogen and oxygen atoms in total. The zero-order valence-electron chi connectivity index (χ0n) is 15.0. The summed E-state index contributed by atoms with van der Waals surface area (Å²) in [4.78, 5) is 14.9. The second-order valence-electron chi connectivity index (χ2n) is 6.99. The SMILES string of the molecule is O=C(CCc1ccccc1)N1CCCC1c1ccc2c(c1)OCCCO2. The molecule has 0 N–H and O–H groups in total. The smallest absolute Gasteiger partial charge is 0.223 e. The predicted octanol–water partition coefficient (Wildman–Crippen LogP) is 4.14. The lowest BCUT2D eigenvalue weighted by Gasteiger charge is -2.26. The molecule has 0 radical (unpaired) electrons. The Hall–Kier alpha value is -2.49. The molecule has 4 heteroatoms. The topological polar surface area (TPSA) is 38.8 Å². The Morgan fingerprint density at radius 2 is 1.81 bits per heavy atom. The number of likely N-dealkylation sites (tertiary alicyclic amines) is 1. The van der Waals surface area contributed by atoms with Gasteiger partial charge in [-0.25, -0.2) is 0 Å². The van der Waals surface area contributed by atoms with Gasteiger partial charge in [-0.2, -0.15) is 0 Å². The van der Waals surface area contributed by atoms with Crippen LogP contribution in [0.1, 0.15) is 42.9 Å². The summed E-state index contributed by atoms with van der Waals surface area (Å²) >= 11 is 0. The van der Waals surface area contributed by atoms with Gasteiger partial charge in [0.05, 0.1) is 19.3 Å². The van der Waals surface area contributed by atoms with Crippen molar-refractivity contribution in [2.75, 3.05) is 19.8 Å². The minimum Gasteiger partial charge on any atom is -0.490 e. The second-order valence-corrected chi connectivity index (χ2v) is 6.99. The predicted molar refractivity (Wildman–Crippen MR) is 101 cm³/mol. The van der Waals surface area contributed by atoms with Crippen LogP contribution in [0.25, 0.3) is 0 Å². The third kappa shape index (κ3) is 3.69. The summed E-state index contributed by atoms with van der Waals surface area (Å²) in [6.45, 7) is 2.22. The molecule has 2 aliphatic heterocycles. The lowest BCUT2D eigenvalue weighted by atomic mass is 10.0. The molecule has 26 heavy (non-hydrogen) atoms. The number of benzene rings is 2. The molecule has 1 fully saturated rings. The summed E-state index contributed by atoms with van der Waals surface area (Å²) in [6, 6.07) is 16.5. The van der Waals surface area contributed by atoms with Crippen molar-refractivity contribution >= 4 is 5.91 Å². The zero-order chi connectivity index (χ0) is 17.8. The highest BCUT2D eigenvalue weighted by molar-refractivity contribution is 5.77. The third-order valence-electron chi connectivity index (χ3n) is 5.20. The maximum atomic E-state index is 12.8. The first kappa shape index (κ1) is 17.0. The van der Waals surface area contributed by atoms with Crippen molar-refractivity contribution in [3.63, 3.8) is 0 Å². The number of carbonyl (C=O) groups excluding carboxylic acids is 1. The van der Waals surface area contributed by atoms with Gasteiger partial charge in [0.25, 0.3) is 0 Å². The van der Waals surface area contributed by atoms with Crippen LogP contribution in [0, 0.1) is 0 Å². The lowest BCUT2D eigenvalue weighted by molar-refractivity contribution is -0.132. The number of nitrogens with zero attached hydrogens (tertiary/aromatic N) is 1. The van der Waals surface area contributed by atoms with Gasteiger partial charge < -0.3 is 14.4 Å². The van der Waals surface area contributed by atoms with Crippen LogP contribution in [0.5, 0.6) is 11.5 Å². The number of carbonyl (C=O) groups is 1. The zero-order valence-corrected chi connectivity index (χ0v) is 15.0. The first-order valence-corrected chi connectivity index (χ1v) is 9.54. The quantitative estimate of drug-likeness (QED) is 0.831. The highest BCUT2D eigenvalue weighted by Gasteiger charge is 2.30. The molecule has 0 spiro atoms. The molecule has 0 aromatic heterocycles. The van der Waals surface area contributed by atoms with Gasteiger partial charge in [-0.15, -0.1) is 0 Å². The van der Waals surface area contributed by atoms with Crippen molar-refractivity contribution < 1.29 is 14.3 Å². The van der Waals surface area contributed by atoms with E-state index in [2.05, 4.69) is 24.3 Å². The van der Waals surface area contributed by atoms with Gasteiger partial charge in [-0.05, 0) is 42.5 Å². The van der Waals surface area contributed by atoms with Crippen molar-refractivity contribution in [3.05, 3.63) is 59.7 Å². The van der Waals surface area contributed by atoms with Gasteiger partial charge in [0.15, 0.2) is 11.5 Å². The van der Waals surface area contributed by atoms with Gasteiger partial charge in [-0.3, -0.25) is 4.79 Å². The first-order valence-electron chi connectivity index (χ1n) is 9.54. The minimum atomic E-state index is 0.149. The van der Waals surface area contributed by atoms with Crippen LogP contribution in [-0.4, -0.2) is 30.6 Å². The average Bonchev–Trinajstić information content (AvgIpc) is 3.06. The highest BCUT2D eigenvalue weighted by atomic mass is 16.5. The second kappa shape index (κ2) is 7.81. The van der Waals surface area contributed by atoms with Crippen molar-refractivity contribution in [3.8, 4) is 11.5 Å². The molecule has 0 aliphatic carbocycles. The summed E-state index contributed by atoms with van der Waals surface area (Å²) in [5.41, 5.74) is 2.37. The normalized spacial score (nSPS) is 19.2. The Balaban J connectivity index is 1.46. The summed E-state index contributed by atoms with van der Waals surface area (Å²) in [5, 5.41) is 0. The van der Waals surface area contributed by atoms with Gasteiger partial charge >= 0.3 is 0 Å². The fourth-order valence-corrected chi connectivity index (χ4v) is 3.84. The number of aryl methyl sites for hydroxylation is 1. The van der Waals surface area contributed by atoms with Crippen LogP contribution in [-0.2, 0) is 11.2 Å².